The maximum atomic E-state index is 6.27. The van der Waals surface area contributed by atoms with Crippen LogP contribution in [-0.4, -0.2) is 21.1 Å². The topological polar surface area (TPSA) is 9.23 Å². The van der Waals surface area contributed by atoms with Gasteiger partial charge in [0.1, 0.15) is 0 Å². The Balaban J connectivity index is 1.51. The van der Waals surface area contributed by atoms with Gasteiger partial charge >= 0.3 is 134 Å². The third-order valence-corrected chi connectivity index (χ3v) is 9.56. The molecule has 6 atom stereocenters. The number of hydrogen-bond donors (Lipinski definition) is 0. The quantitative estimate of drug-likeness (QED) is 0.391. The Hall–Kier alpha value is 0.430. The van der Waals surface area contributed by atoms with Gasteiger partial charge in [0, 0.05) is 0 Å². The zero-order valence-electron chi connectivity index (χ0n) is 12.7. The average Bonchev–Trinajstić information content (AvgIpc) is 2.95. The molecule has 3 fully saturated rings. The van der Waals surface area contributed by atoms with E-state index in [1.165, 1.54) is 49.4 Å². The fraction of sp³-hybridized carbons (Fsp3) is 0.889. The third-order valence-electron chi connectivity index (χ3n) is 6.37. The molecular weight excluding hydrogens is 359 g/mol. The van der Waals surface area contributed by atoms with Crippen LogP contribution in [0.1, 0.15) is 51.9 Å². The minimum absolute atomic E-state index is 0.471. The first kappa shape index (κ1) is 14.0. The van der Waals surface area contributed by atoms with E-state index in [1.807, 2.05) is 5.57 Å². The van der Waals surface area contributed by atoms with Gasteiger partial charge in [0.25, 0.3) is 0 Å². The van der Waals surface area contributed by atoms with Crippen LogP contribution in [-0.2, 0) is 4.74 Å². The van der Waals surface area contributed by atoms with E-state index in [-0.39, 0.29) is 0 Å². The molecule has 0 bridgehead atoms. The summed E-state index contributed by atoms with van der Waals surface area (Å²) in [5.41, 5.74) is 1.86. The molecule has 1 nitrogen and oxygen atoms in total. The summed E-state index contributed by atoms with van der Waals surface area (Å²) in [6.45, 7) is 3.47. The fourth-order valence-corrected chi connectivity index (χ4v) is 8.37. The van der Waals surface area contributed by atoms with E-state index in [2.05, 4.69) is 13.0 Å². The molecule has 0 aromatic rings. The van der Waals surface area contributed by atoms with Gasteiger partial charge in [-0.05, 0) is 0 Å². The molecule has 3 aliphatic carbocycles. The van der Waals surface area contributed by atoms with E-state index in [4.69, 9.17) is 4.74 Å². The van der Waals surface area contributed by atoms with Gasteiger partial charge in [0.15, 0.2) is 0 Å². The molecule has 0 aromatic carbocycles. The van der Waals surface area contributed by atoms with E-state index in [0.717, 1.165) is 34.2 Å². The number of fused-ring (bicyclic) bond motifs is 5. The van der Waals surface area contributed by atoms with Crippen LogP contribution in [0.2, 0.25) is 0 Å². The summed E-state index contributed by atoms with van der Waals surface area (Å²) >= 11 is 0.471. The fourth-order valence-electron chi connectivity index (χ4n) is 5.51. The molecule has 114 valence electrons. The molecule has 0 radical (unpaired) electrons. The van der Waals surface area contributed by atoms with Crippen molar-refractivity contribution in [3.8, 4) is 0 Å². The van der Waals surface area contributed by atoms with Crippen LogP contribution in [0.5, 0.6) is 0 Å². The van der Waals surface area contributed by atoms with E-state index in [0.29, 0.717) is 27.3 Å². The first-order valence-corrected chi connectivity index (χ1v) is 11.5. The van der Waals surface area contributed by atoms with Gasteiger partial charge in [-0.15, -0.1) is 0 Å². The molecule has 6 unspecified atom stereocenters. The van der Waals surface area contributed by atoms with Gasteiger partial charge in [-0.25, -0.2) is 0 Å². The second kappa shape index (κ2) is 5.91. The molecule has 1 saturated heterocycles. The molecule has 0 N–H and O–H groups in total. The number of alkyl halides is 2. The van der Waals surface area contributed by atoms with E-state index < -0.39 is 0 Å². The molecule has 1 heterocycles. The van der Waals surface area contributed by atoms with Gasteiger partial charge in [-0.3, -0.25) is 0 Å². The SMILES string of the molecule is CC[I-]C1CCC2C(=CCC3C4CCCC4OCC23)C1. The molecular formula is C18H28IO-. The second-order valence-electron chi connectivity index (χ2n) is 7.22. The van der Waals surface area contributed by atoms with Crippen molar-refractivity contribution in [1.29, 1.82) is 0 Å². The van der Waals surface area contributed by atoms with Crippen molar-refractivity contribution in [3.63, 3.8) is 0 Å². The van der Waals surface area contributed by atoms with Crippen molar-refractivity contribution < 1.29 is 25.9 Å². The van der Waals surface area contributed by atoms with Crippen molar-refractivity contribution >= 4 is 0 Å². The molecule has 0 aromatic heterocycles. The van der Waals surface area contributed by atoms with Gasteiger partial charge < -0.3 is 0 Å². The van der Waals surface area contributed by atoms with Crippen LogP contribution in [0.4, 0.5) is 0 Å². The summed E-state index contributed by atoms with van der Waals surface area (Å²) in [7, 11) is 0. The van der Waals surface area contributed by atoms with Crippen LogP contribution in [0.3, 0.4) is 0 Å². The number of rotatable bonds is 2. The van der Waals surface area contributed by atoms with E-state index in [1.54, 1.807) is 0 Å². The summed E-state index contributed by atoms with van der Waals surface area (Å²) in [6.07, 6.45) is 13.4. The first-order valence-electron chi connectivity index (χ1n) is 8.75. The molecule has 4 rings (SSSR count). The van der Waals surface area contributed by atoms with Gasteiger partial charge in [0.2, 0.25) is 0 Å². The third kappa shape index (κ3) is 2.39. The van der Waals surface area contributed by atoms with Gasteiger partial charge in [0.05, 0.1) is 0 Å². The summed E-state index contributed by atoms with van der Waals surface area (Å²) < 4.78 is 8.85. The molecule has 2 heteroatoms. The summed E-state index contributed by atoms with van der Waals surface area (Å²) in [5.74, 6) is 3.68. The van der Waals surface area contributed by atoms with Crippen molar-refractivity contribution in [2.75, 3.05) is 11.0 Å². The zero-order valence-corrected chi connectivity index (χ0v) is 14.8. The second-order valence-corrected chi connectivity index (χ2v) is 11.4. The van der Waals surface area contributed by atoms with Crippen molar-refractivity contribution in [2.24, 2.45) is 23.7 Å². The summed E-state index contributed by atoms with van der Waals surface area (Å²) in [4.78, 5) is 0. The summed E-state index contributed by atoms with van der Waals surface area (Å²) in [5, 5.41) is 0. The maximum absolute atomic E-state index is 6.27. The molecule has 0 amide bonds. The number of hydrogen-bond acceptors (Lipinski definition) is 1. The Morgan fingerprint density at radius 1 is 1.15 bits per heavy atom. The molecule has 2 saturated carbocycles. The van der Waals surface area contributed by atoms with Crippen molar-refractivity contribution in [1.82, 2.24) is 0 Å². The Morgan fingerprint density at radius 2 is 2.10 bits per heavy atom. The van der Waals surface area contributed by atoms with E-state index in [9.17, 15) is 0 Å². The average molecular weight is 387 g/mol. The van der Waals surface area contributed by atoms with Crippen molar-refractivity contribution in [3.05, 3.63) is 11.6 Å². The number of halogens is 1. The molecule has 4 aliphatic rings. The minimum atomic E-state index is 0.471. The zero-order chi connectivity index (χ0) is 13.5. The standard InChI is InChI=1S/C18H28IO/c1-2-19-13-7-9-14-12(10-13)6-8-15-16-4-3-5-18(16)20-11-17(14)15/h6,13-18H,2-5,7-11H2,1H3/q-1. The van der Waals surface area contributed by atoms with Crippen molar-refractivity contribution in [2.45, 2.75) is 61.9 Å². The predicted octanol–water partition coefficient (Wildman–Crippen LogP) is 1.03. The van der Waals surface area contributed by atoms with Crippen LogP contribution >= 0.6 is 0 Å². The monoisotopic (exact) mass is 387 g/mol. The normalized spacial score (nSPS) is 47.4. The Kier molecular flexibility index (Phi) is 4.15. The van der Waals surface area contributed by atoms with Crippen LogP contribution in [0.15, 0.2) is 11.6 Å². The molecule has 0 spiro atoms. The van der Waals surface area contributed by atoms with E-state index >= 15 is 0 Å². The number of ether oxygens (including phenoxy) is 1. The van der Waals surface area contributed by atoms with Crippen LogP contribution in [0, 0.1) is 23.7 Å². The Morgan fingerprint density at radius 3 is 3.00 bits per heavy atom. The van der Waals surface area contributed by atoms with Crippen LogP contribution < -0.4 is 21.2 Å². The Labute approximate surface area is 134 Å². The summed E-state index contributed by atoms with van der Waals surface area (Å²) in [6, 6.07) is 0. The number of allylic oxidation sites excluding steroid dienone is 2. The van der Waals surface area contributed by atoms with Gasteiger partial charge in [-0.1, -0.05) is 0 Å². The Bertz CT molecular complexity index is 391. The molecule has 20 heavy (non-hydrogen) atoms. The first-order chi connectivity index (χ1) is 9.86. The predicted molar refractivity (Wildman–Crippen MR) is 78.4 cm³/mol. The molecule has 1 aliphatic heterocycles. The van der Waals surface area contributed by atoms with Crippen LogP contribution in [0.25, 0.3) is 0 Å². The van der Waals surface area contributed by atoms with Gasteiger partial charge in [-0.2, -0.15) is 0 Å².